The second-order valence-corrected chi connectivity index (χ2v) is 8.86. The number of nitrogens with one attached hydrogen (secondary N) is 1. The maximum atomic E-state index is 13.0. The summed E-state index contributed by atoms with van der Waals surface area (Å²) in [4.78, 5) is 4.40. The lowest BCUT2D eigenvalue weighted by Gasteiger charge is -2.15. The van der Waals surface area contributed by atoms with Crippen LogP contribution in [-0.4, -0.2) is 30.8 Å². The topological polar surface area (TPSA) is 99.2 Å². The first-order valence-electron chi connectivity index (χ1n) is 9.47. The van der Waals surface area contributed by atoms with E-state index >= 15 is 0 Å². The van der Waals surface area contributed by atoms with Crippen molar-refractivity contribution in [3.8, 4) is 17.5 Å². The van der Waals surface area contributed by atoms with E-state index in [0.29, 0.717) is 25.2 Å². The first kappa shape index (κ1) is 20.1. The number of oxazole rings is 1. The van der Waals surface area contributed by atoms with E-state index in [0.717, 1.165) is 18.4 Å². The third-order valence-corrected chi connectivity index (χ3v) is 6.82. The van der Waals surface area contributed by atoms with Gasteiger partial charge in [0.25, 0.3) is 0 Å². The molecule has 0 saturated carbocycles. The molecule has 0 unspecified atom stereocenters. The first-order chi connectivity index (χ1) is 14.5. The van der Waals surface area contributed by atoms with Crippen LogP contribution in [0.5, 0.6) is 0 Å². The van der Waals surface area contributed by atoms with Crippen LogP contribution in [0.1, 0.15) is 24.1 Å². The Kier molecular flexibility index (Phi) is 5.53. The fourth-order valence-corrected chi connectivity index (χ4v) is 4.79. The third kappa shape index (κ3) is 4.06. The largest absolute Gasteiger partial charge is 0.419 e. The van der Waals surface area contributed by atoms with Crippen LogP contribution in [-0.2, 0) is 16.6 Å². The van der Waals surface area contributed by atoms with Crippen molar-refractivity contribution in [2.75, 3.05) is 18.4 Å². The summed E-state index contributed by atoms with van der Waals surface area (Å²) in [5.74, 6) is 0.0810. The smallest absolute Gasteiger partial charge is 0.243 e. The molecule has 3 aromatic rings. The van der Waals surface area contributed by atoms with Gasteiger partial charge in [0.05, 0.1) is 4.90 Å². The molecule has 2 aromatic carbocycles. The predicted molar refractivity (Wildman–Crippen MR) is 108 cm³/mol. The molecule has 0 atom stereocenters. The molecule has 30 heavy (non-hydrogen) atoms. The van der Waals surface area contributed by atoms with Gasteiger partial charge in [0.2, 0.25) is 27.5 Å². The Labute approximate surface area is 173 Å². The summed E-state index contributed by atoms with van der Waals surface area (Å²) >= 11 is 0. The van der Waals surface area contributed by atoms with Crippen LogP contribution in [0.3, 0.4) is 0 Å². The molecule has 7 nitrogen and oxygen atoms in total. The number of hydrogen-bond donors (Lipinski definition) is 1. The van der Waals surface area contributed by atoms with Gasteiger partial charge in [-0.15, -0.1) is 0 Å². The molecule has 0 radical (unpaired) electrons. The molecule has 1 aromatic heterocycles. The summed E-state index contributed by atoms with van der Waals surface area (Å²) < 4.78 is 45.5. The zero-order chi connectivity index (χ0) is 21.1. The highest BCUT2D eigenvalue weighted by Gasteiger charge is 2.27. The maximum Gasteiger partial charge on any atom is 0.243 e. The molecule has 0 aliphatic carbocycles. The van der Waals surface area contributed by atoms with Crippen molar-refractivity contribution >= 4 is 15.9 Å². The monoisotopic (exact) mass is 426 g/mol. The van der Waals surface area contributed by atoms with Crippen LogP contribution >= 0.6 is 0 Å². The van der Waals surface area contributed by atoms with Crippen LogP contribution in [0.25, 0.3) is 11.5 Å². The average molecular weight is 426 g/mol. The van der Waals surface area contributed by atoms with Crippen molar-refractivity contribution in [1.29, 1.82) is 5.26 Å². The Balaban J connectivity index is 1.53. The SMILES string of the molecule is N#Cc1nc(-c2ccc(S(=O)(=O)N3CCCC3)cc2)oc1NCc1ccc(F)cc1. The van der Waals surface area contributed by atoms with Crippen molar-refractivity contribution in [2.45, 2.75) is 24.3 Å². The zero-order valence-electron chi connectivity index (χ0n) is 16.0. The molecular formula is C21H19FN4O3S. The van der Waals surface area contributed by atoms with Crippen molar-refractivity contribution in [1.82, 2.24) is 9.29 Å². The van der Waals surface area contributed by atoms with Gasteiger partial charge < -0.3 is 9.73 Å². The van der Waals surface area contributed by atoms with Crippen LogP contribution in [0.4, 0.5) is 10.3 Å². The highest BCUT2D eigenvalue weighted by molar-refractivity contribution is 7.89. The van der Waals surface area contributed by atoms with Gasteiger partial charge >= 0.3 is 0 Å². The van der Waals surface area contributed by atoms with E-state index in [1.165, 1.54) is 28.6 Å². The summed E-state index contributed by atoms with van der Waals surface area (Å²) in [6, 6.07) is 14.2. The molecule has 4 rings (SSSR count). The summed E-state index contributed by atoms with van der Waals surface area (Å²) in [6.07, 6.45) is 1.75. The van der Waals surface area contributed by atoms with Crippen molar-refractivity contribution in [2.24, 2.45) is 0 Å². The third-order valence-electron chi connectivity index (χ3n) is 4.90. The number of rotatable bonds is 6. The number of benzene rings is 2. The van der Waals surface area contributed by atoms with Gasteiger partial charge in [-0.25, -0.2) is 12.8 Å². The van der Waals surface area contributed by atoms with E-state index in [9.17, 15) is 18.1 Å². The highest BCUT2D eigenvalue weighted by atomic mass is 32.2. The normalized spacial score (nSPS) is 14.5. The Morgan fingerprint density at radius 2 is 1.77 bits per heavy atom. The maximum absolute atomic E-state index is 13.0. The number of hydrogen-bond acceptors (Lipinski definition) is 6. The van der Waals surface area contributed by atoms with Gasteiger partial charge in [-0.3, -0.25) is 0 Å². The number of aromatic nitrogens is 1. The molecule has 0 amide bonds. The van der Waals surface area contributed by atoms with Crippen LogP contribution in [0, 0.1) is 17.1 Å². The number of nitrogens with zero attached hydrogens (tertiary/aromatic N) is 3. The highest BCUT2D eigenvalue weighted by Crippen LogP contribution is 2.28. The predicted octanol–water partition coefficient (Wildman–Crippen LogP) is 3.75. The van der Waals surface area contributed by atoms with Gasteiger partial charge in [0.15, 0.2) is 0 Å². The number of anilines is 1. The lowest BCUT2D eigenvalue weighted by Crippen LogP contribution is -2.27. The Bertz CT molecular complexity index is 1180. The van der Waals surface area contributed by atoms with E-state index in [1.54, 1.807) is 24.3 Å². The van der Waals surface area contributed by atoms with Crippen molar-refractivity contribution in [3.63, 3.8) is 0 Å². The molecule has 1 saturated heterocycles. The molecule has 2 heterocycles. The summed E-state index contributed by atoms with van der Waals surface area (Å²) in [5, 5.41) is 12.3. The van der Waals surface area contributed by atoms with Gasteiger partial charge in [-0.1, -0.05) is 12.1 Å². The summed E-state index contributed by atoms with van der Waals surface area (Å²) in [6.45, 7) is 1.41. The number of nitriles is 1. The van der Waals surface area contributed by atoms with Crippen molar-refractivity contribution in [3.05, 3.63) is 65.6 Å². The van der Waals surface area contributed by atoms with Crippen molar-refractivity contribution < 1.29 is 17.2 Å². The zero-order valence-corrected chi connectivity index (χ0v) is 16.8. The van der Waals surface area contributed by atoms with E-state index in [2.05, 4.69) is 10.3 Å². The van der Waals surface area contributed by atoms with Gasteiger partial charge in [-0.05, 0) is 54.8 Å². The molecule has 1 fully saturated rings. The molecule has 1 aliphatic heterocycles. The summed E-state index contributed by atoms with van der Waals surface area (Å²) in [5.41, 5.74) is 1.46. The standard InChI is InChI=1S/C21H19FN4O3S/c22-17-7-3-15(4-8-17)14-24-21-19(13-23)25-20(29-21)16-5-9-18(10-6-16)30(27,28)26-11-1-2-12-26/h3-10,24H,1-2,11-12,14H2. The summed E-state index contributed by atoms with van der Waals surface area (Å²) in [7, 11) is -3.50. The minimum absolute atomic E-state index is 0.0841. The van der Waals surface area contributed by atoms with Gasteiger partial charge in [0.1, 0.15) is 11.9 Å². The van der Waals surface area contributed by atoms with E-state index in [-0.39, 0.29) is 28.2 Å². The second kappa shape index (κ2) is 8.26. The number of halogens is 1. The molecule has 9 heteroatoms. The molecule has 0 bridgehead atoms. The fourth-order valence-electron chi connectivity index (χ4n) is 3.27. The first-order valence-corrected chi connectivity index (χ1v) is 10.9. The molecular weight excluding hydrogens is 407 g/mol. The Morgan fingerprint density at radius 3 is 2.40 bits per heavy atom. The van der Waals surface area contributed by atoms with E-state index in [4.69, 9.17) is 4.42 Å². The van der Waals surface area contributed by atoms with Gasteiger partial charge in [0, 0.05) is 25.2 Å². The number of sulfonamides is 1. The van der Waals surface area contributed by atoms with Crippen LogP contribution in [0.2, 0.25) is 0 Å². The second-order valence-electron chi connectivity index (χ2n) is 6.92. The van der Waals surface area contributed by atoms with Crippen LogP contribution in [0.15, 0.2) is 57.8 Å². The molecule has 154 valence electrons. The average Bonchev–Trinajstić information content (AvgIpc) is 3.44. The quantitative estimate of drug-likeness (QED) is 0.645. The molecule has 1 N–H and O–H groups in total. The molecule has 0 spiro atoms. The Morgan fingerprint density at radius 1 is 1.10 bits per heavy atom. The lowest BCUT2D eigenvalue weighted by molar-refractivity contribution is 0.477. The van der Waals surface area contributed by atoms with Crippen LogP contribution < -0.4 is 5.32 Å². The fraction of sp³-hybridized carbons (Fsp3) is 0.238. The Hall–Kier alpha value is -3.22. The van der Waals surface area contributed by atoms with E-state index in [1.807, 2.05) is 6.07 Å². The lowest BCUT2D eigenvalue weighted by atomic mass is 10.2. The molecule has 1 aliphatic rings. The van der Waals surface area contributed by atoms with Gasteiger partial charge in [-0.2, -0.15) is 14.6 Å². The minimum Gasteiger partial charge on any atom is -0.419 e. The van der Waals surface area contributed by atoms with E-state index < -0.39 is 10.0 Å². The minimum atomic E-state index is -3.50.